The molecule has 2 rings (SSSR count). The van der Waals surface area contributed by atoms with Crippen molar-refractivity contribution in [2.24, 2.45) is 0 Å². The Labute approximate surface area is 135 Å². The van der Waals surface area contributed by atoms with Crippen molar-refractivity contribution in [3.63, 3.8) is 0 Å². The van der Waals surface area contributed by atoms with Gasteiger partial charge >= 0.3 is 5.97 Å². The molecule has 0 fully saturated rings. The van der Waals surface area contributed by atoms with Crippen molar-refractivity contribution >= 4 is 27.8 Å². The second kappa shape index (κ2) is 7.17. The van der Waals surface area contributed by atoms with Gasteiger partial charge < -0.3 is 10.0 Å². The maximum atomic E-state index is 12.9. The topological polar surface area (TPSA) is 57.6 Å². The van der Waals surface area contributed by atoms with Gasteiger partial charge in [-0.1, -0.05) is 24.3 Å². The number of benzene rings is 2. The fourth-order valence-electron chi connectivity index (χ4n) is 1.98. The quantitative estimate of drug-likeness (QED) is 0.883. The van der Waals surface area contributed by atoms with Gasteiger partial charge in [0.15, 0.2) is 0 Å². The highest BCUT2D eigenvalue weighted by Crippen LogP contribution is 2.19. The first-order chi connectivity index (χ1) is 10.5. The lowest BCUT2D eigenvalue weighted by molar-refractivity contribution is -0.137. The first-order valence-corrected chi connectivity index (χ1v) is 7.26. The second-order valence-electron chi connectivity index (χ2n) is 4.66. The van der Waals surface area contributed by atoms with Crippen LogP contribution in [0, 0.1) is 5.82 Å². The number of nitrogens with zero attached hydrogens (tertiary/aromatic N) is 1. The van der Waals surface area contributed by atoms with Gasteiger partial charge in [0.25, 0.3) is 5.91 Å². The minimum atomic E-state index is -1.11. The van der Waals surface area contributed by atoms with E-state index in [1.54, 1.807) is 24.3 Å². The molecule has 2 aromatic carbocycles. The maximum absolute atomic E-state index is 12.9. The van der Waals surface area contributed by atoms with Crippen molar-refractivity contribution < 1.29 is 19.1 Å². The minimum Gasteiger partial charge on any atom is -0.480 e. The van der Waals surface area contributed by atoms with Crippen molar-refractivity contribution in [3.05, 3.63) is 69.9 Å². The lowest BCUT2D eigenvalue weighted by atomic mass is 10.1. The van der Waals surface area contributed by atoms with Crippen LogP contribution in [0.5, 0.6) is 0 Å². The standard InChI is InChI=1S/C16H13BrFNO3/c17-14-4-2-1-3-13(14)16(22)19(10-15(20)21)9-11-5-7-12(18)8-6-11/h1-8H,9-10H2,(H,20,21). The third-order valence-corrected chi connectivity index (χ3v) is 3.70. The third kappa shape index (κ3) is 4.14. The molecule has 0 unspecified atom stereocenters. The highest BCUT2D eigenvalue weighted by atomic mass is 79.9. The number of carboxylic acid groups (broad SMARTS) is 1. The van der Waals surface area contributed by atoms with Gasteiger partial charge in [0.2, 0.25) is 0 Å². The number of carbonyl (C=O) groups excluding carboxylic acids is 1. The molecule has 2 aromatic rings. The first-order valence-electron chi connectivity index (χ1n) is 6.47. The fourth-order valence-corrected chi connectivity index (χ4v) is 2.43. The molecule has 4 nitrogen and oxygen atoms in total. The molecule has 1 N–H and O–H groups in total. The van der Waals surface area contributed by atoms with Crippen molar-refractivity contribution in [2.45, 2.75) is 6.54 Å². The van der Waals surface area contributed by atoms with Crippen LogP contribution in [0.1, 0.15) is 15.9 Å². The van der Waals surface area contributed by atoms with Crippen LogP contribution in [0.3, 0.4) is 0 Å². The monoisotopic (exact) mass is 365 g/mol. The average Bonchev–Trinajstić information content (AvgIpc) is 2.48. The molecule has 1 amide bonds. The van der Waals surface area contributed by atoms with Gasteiger partial charge in [0, 0.05) is 11.0 Å². The minimum absolute atomic E-state index is 0.0900. The van der Waals surface area contributed by atoms with Crippen LogP contribution in [0.15, 0.2) is 53.0 Å². The summed E-state index contributed by atoms with van der Waals surface area (Å²) >= 11 is 3.28. The van der Waals surface area contributed by atoms with E-state index in [1.165, 1.54) is 29.2 Å². The number of rotatable bonds is 5. The molecule has 0 aromatic heterocycles. The summed E-state index contributed by atoms with van der Waals surface area (Å²) in [6, 6.07) is 12.4. The van der Waals surface area contributed by atoms with E-state index in [2.05, 4.69) is 15.9 Å². The van der Waals surface area contributed by atoms with Gasteiger partial charge in [-0.3, -0.25) is 9.59 Å². The summed E-state index contributed by atoms with van der Waals surface area (Å²) in [5.41, 5.74) is 1.04. The summed E-state index contributed by atoms with van der Waals surface area (Å²) in [6.07, 6.45) is 0. The summed E-state index contributed by atoms with van der Waals surface area (Å²) in [7, 11) is 0. The van der Waals surface area contributed by atoms with Crippen LogP contribution in [0.4, 0.5) is 4.39 Å². The Bertz CT molecular complexity index is 688. The Hall–Kier alpha value is -2.21. The van der Waals surface area contributed by atoms with E-state index >= 15 is 0 Å². The zero-order valence-electron chi connectivity index (χ0n) is 11.5. The second-order valence-corrected chi connectivity index (χ2v) is 5.52. The Morgan fingerprint density at radius 1 is 1.09 bits per heavy atom. The fraction of sp³-hybridized carbons (Fsp3) is 0.125. The zero-order valence-corrected chi connectivity index (χ0v) is 13.1. The summed E-state index contributed by atoms with van der Waals surface area (Å²) in [5.74, 6) is -1.90. The van der Waals surface area contributed by atoms with E-state index in [0.717, 1.165) is 0 Å². The molecular formula is C16H13BrFNO3. The van der Waals surface area contributed by atoms with Crippen molar-refractivity contribution in [2.75, 3.05) is 6.54 Å². The number of amides is 1. The third-order valence-electron chi connectivity index (χ3n) is 3.00. The van der Waals surface area contributed by atoms with Crippen LogP contribution in [0.25, 0.3) is 0 Å². The lowest BCUT2D eigenvalue weighted by Crippen LogP contribution is -2.35. The van der Waals surface area contributed by atoms with Crippen LogP contribution in [-0.2, 0) is 11.3 Å². The van der Waals surface area contributed by atoms with E-state index in [4.69, 9.17) is 5.11 Å². The molecule has 0 saturated heterocycles. The maximum Gasteiger partial charge on any atom is 0.323 e. The van der Waals surface area contributed by atoms with Gasteiger partial charge in [-0.15, -0.1) is 0 Å². The number of aliphatic carboxylic acids is 1. The Kier molecular flexibility index (Phi) is 5.27. The number of hydrogen-bond donors (Lipinski definition) is 1. The van der Waals surface area contributed by atoms with Crippen LogP contribution in [-0.4, -0.2) is 28.4 Å². The molecule has 0 bridgehead atoms. The molecule has 0 aliphatic rings. The predicted molar refractivity (Wildman–Crippen MR) is 82.9 cm³/mol. The molecule has 0 aliphatic heterocycles. The normalized spacial score (nSPS) is 10.3. The summed E-state index contributed by atoms with van der Waals surface area (Å²) in [5, 5.41) is 9.01. The predicted octanol–water partition coefficient (Wildman–Crippen LogP) is 3.32. The Morgan fingerprint density at radius 2 is 1.73 bits per heavy atom. The first kappa shape index (κ1) is 16.2. The molecule has 0 spiro atoms. The van der Waals surface area contributed by atoms with Gasteiger partial charge in [0.05, 0.1) is 5.56 Å². The Balaban J connectivity index is 2.25. The summed E-state index contributed by atoms with van der Waals surface area (Å²) in [6.45, 7) is -0.343. The van der Waals surface area contributed by atoms with E-state index in [1.807, 2.05) is 0 Å². The molecule has 6 heteroatoms. The SMILES string of the molecule is O=C(O)CN(Cc1ccc(F)cc1)C(=O)c1ccccc1Br. The molecule has 0 atom stereocenters. The van der Waals surface area contributed by atoms with E-state index in [9.17, 15) is 14.0 Å². The van der Waals surface area contributed by atoms with E-state index in [0.29, 0.717) is 15.6 Å². The number of hydrogen-bond acceptors (Lipinski definition) is 2. The molecule has 0 saturated carbocycles. The number of carbonyl (C=O) groups is 2. The van der Waals surface area contributed by atoms with Crippen LogP contribution in [0.2, 0.25) is 0 Å². The molecule has 22 heavy (non-hydrogen) atoms. The number of carboxylic acids is 1. The average molecular weight is 366 g/mol. The highest BCUT2D eigenvalue weighted by Gasteiger charge is 2.20. The van der Waals surface area contributed by atoms with Crippen molar-refractivity contribution in [3.8, 4) is 0 Å². The van der Waals surface area contributed by atoms with Crippen molar-refractivity contribution in [1.82, 2.24) is 4.90 Å². The molecule has 0 radical (unpaired) electrons. The molecular weight excluding hydrogens is 353 g/mol. The summed E-state index contributed by atoms with van der Waals surface area (Å²) < 4.78 is 13.5. The molecule has 0 heterocycles. The van der Waals surface area contributed by atoms with Crippen LogP contribution < -0.4 is 0 Å². The lowest BCUT2D eigenvalue weighted by Gasteiger charge is -2.21. The van der Waals surface area contributed by atoms with Crippen LogP contribution >= 0.6 is 15.9 Å². The van der Waals surface area contributed by atoms with Gasteiger partial charge in [-0.25, -0.2) is 4.39 Å². The molecule has 114 valence electrons. The Morgan fingerprint density at radius 3 is 2.32 bits per heavy atom. The highest BCUT2D eigenvalue weighted by molar-refractivity contribution is 9.10. The molecule has 0 aliphatic carbocycles. The van der Waals surface area contributed by atoms with E-state index in [-0.39, 0.29) is 12.4 Å². The van der Waals surface area contributed by atoms with Gasteiger partial charge in [-0.05, 0) is 45.8 Å². The van der Waals surface area contributed by atoms with E-state index < -0.39 is 18.4 Å². The zero-order chi connectivity index (χ0) is 16.1. The smallest absolute Gasteiger partial charge is 0.323 e. The number of halogens is 2. The van der Waals surface area contributed by atoms with Gasteiger partial charge in [-0.2, -0.15) is 0 Å². The van der Waals surface area contributed by atoms with Gasteiger partial charge in [0.1, 0.15) is 12.4 Å². The van der Waals surface area contributed by atoms with Crippen molar-refractivity contribution in [1.29, 1.82) is 0 Å². The largest absolute Gasteiger partial charge is 0.480 e. The summed E-state index contributed by atoms with van der Waals surface area (Å²) in [4.78, 5) is 24.7.